The molecule has 176 valence electrons. The molecule has 0 heterocycles. The molecule has 3 aliphatic carbocycles. The van der Waals surface area contributed by atoms with E-state index in [-0.39, 0.29) is 34.9 Å². The van der Waals surface area contributed by atoms with E-state index in [1.807, 2.05) is 0 Å². The van der Waals surface area contributed by atoms with Crippen molar-refractivity contribution in [2.24, 2.45) is 17.6 Å². The lowest BCUT2D eigenvalue weighted by Gasteiger charge is -2.52. The van der Waals surface area contributed by atoms with Gasteiger partial charge in [0, 0.05) is 5.92 Å². The van der Waals surface area contributed by atoms with E-state index in [0.717, 1.165) is 0 Å². The summed E-state index contributed by atoms with van der Waals surface area (Å²) in [5.74, 6) is -8.78. The number of amides is 1. The topological polar surface area (TPSA) is 182 Å². The van der Waals surface area contributed by atoms with Crippen LogP contribution in [0.1, 0.15) is 11.1 Å². The molecule has 1 fully saturated rings. The molecule has 10 nitrogen and oxygen atoms in total. The summed E-state index contributed by atoms with van der Waals surface area (Å²) in [7, 11) is 2.88. The highest BCUT2D eigenvalue weighted by Crippen LogP contribution is 2.55. The van der Waals surface area contributed by atoms with Gasteiger partial charge in [-0.15, -0.1) is 12.4 Å². The summed E-state index contributed by atoms with van der Waals surface area (Å²) in [6.07, 6.45) is -1.69. The van der Waals surface area contributed by atoms with E-state index >= 15 is 0 Å². The first kappa shape index (κ1) is 24.5. The van der Waals surface area contributed by atoms with E-state index in [9.17, 15) is 39.9 Å². The Kier molecular flexibility index (Phi) is 5.71. The Bertz CT molecular complexity index is 1190. The number of ketones is 2. The van der Waals surface area contributed by atoms with Crippen molar-refractivity contribution in [1.82, 2.24) is 4.90 Å². The Hall–Kier alpha value is -3.18. The molecule has 0 radical (unpaired) electrons. The minimum absolute atomic E-state index is 0. The highest BCUT2D eigenvalue weighted by atomic mass is 35.5. The van der Waals surface area contributed by atoms with Gasteiger partial charge in [-0.25, -0.2) is 0 Å². The largest absolute Gasteiger partial charge is 0.508 e. The number of carbonyl (C=O) groups excluding carboxylic acids is 3. The molecule has 3 aliphatic rings. The molecule has 33 heavy (non-hydrogen) atoms. The van der Waals surface area contributed by atoms with Gasteiger partial charge in [0.25, 0.3) is 5.91 Å². The molecule has 4 rings (SSSR count). The predicted octanol–water partition coefficient (Wildman–Crippen LogP) is -0.173. The number of nitrogens with zero attached hydrogens (tertiary/aromatic N) is 1. The third kappa shape index (κ3) is 2.88. The number of hydrogen-bond acceptors (Lipinski definition) is 9. The fourth-order valence-electron chi connectivity index (χ4n) is 5.21. The quantitative estimate of drug-likeness (QED) is 0.314. The Morgan fingerprint density at radius 3 is 2.33 bits per heavy atom. The fourth-order valence-corrected chi connectivity index (χ4v) is 5.21. The van der Waals surface area contributed by atoms with Gasteiger partial charge in [-0.3, -0.25) is 19.3 Å². The lowest BCUT2D eigenvalue weighted by atomic mass is 9.55. The summed E-state index contributed by atoms with van der Waals surface area (Å²) in [6, 6.07) is 2.89. The van der Waals surface area contributed by atoms with Crippen LogP contribution in [0.4, 0.5) is 0 Å². The molecule has 0 aromatic heterocycles. The van der Waals surface area contributed by atoms with Crippen molar-refractivity contribution < 1.29 is 39.9 Å². The van der Waals surface area contributed by atoms with Crippen molar-refractivity contribution in [2.45, 2.75) is 17.7 Å². The standard InChI is InChI=1S/C22H22N2O8.ClH/c1-7-8-5-4-6-9(25)11(8)16(26)12-10(7)17(27)14-15(24(2)3)18(28)13(21(23)31)20(30)22(14,32)19(12)29;/h4-6,10,14-15,17,25-27,30,32H,1H2,2-3H3,(H2,23,31);1H/t10-,14+,15-,17-,22-;/m1./s1. The third-order valence-electron chi connectivity index (χ3n) is 6.61. The van der Waals surface area contributed by atoms with Gasteiger partial charge in [0.15, 0.2) is 11.4 Å². The lowest BCUT2D eigenvalue weighted by Crippen LogP contribution is -2.70. The van der Waals surface area contributed by atoms with E-state index in [4.69, 9.17) is 5.73 Å². The molecular weight excluding hydrogens is 456 g/mol. The van der Waals surface area contributed by atoms with Gasteiger partial charge in [0.1, 0.15) is 22.8 Å². The first-order valence-electron chi connectivity index (χ1n) is 9.71. The van der Waals surface area contributed by atoms with Crippen LogP contribution in [0.2, 0.25) is 0 Å². The first-order chi connectivity index (χ1) is 14.9. The van der Waals surface area contributed by atoms with Crippen LogP contribution in [0.15, 0.2) is 41.7 Å². The monoisotopic (exact) mass is 478 g/mol. The smallest absolute Gasteiger partial charge is 0.255 e. The molecular formula is C22H23ClN2O8. The second-order valence-corrected chi connectivity index (χ2v) is 8.44. The Balaban J connectivity index is 0.00000306. The molecule has 1 aromatic rings. The van der Waals surface area contributed by atoms with Gasteiger partial charge in [0.2, 0.25) is 5.78 Å². The maximum Gasteiger partial charge on any atom is 0.255 e. The van der Waals surface area contributed by atoms with Crippen LogP contribution in [0.5, 0.6) is 5.75 Å². The average Bonchev–Trinajstić information content (AvgIpc) is 2.70. The van der Waals surface area contributed by atoms with Crippen molar-refractivity contribution in [3.63, 3.8) is 0 Å². The molecule has 1 saturated carbocycles. The summed E-state index contributed by atoms with van der Waals surface area (Å²) in [5, 5.41) is 54.7. The summed E-state index contributed by atoms with van der Waals surface area (Å²) in [5.41, 5.74) is 1.16. The molecule has 1 amide bonds. The van der Waals surface area contributed by atoms with E-state index in [1.165, 1.54) is 37.2 Å². The number of phenols is 1. The van der Waals surface area contributed by atoms with Gasteiger partial charge >= 0.3 is 0 Å². The number of likely N-dealkylation sites (N-methyl/N-ethyl adjacent to an activating group) is 1. The van der Waals surface area contributed by atoms with E-state index in [2.05, 4.69) is 6.58 Å². The van der Waals surface area contributed by atoms with Crippen LogP contribution < -0.4 is 5.73 Å². The van der Waals surface area contributed by atoms with Gasteiger partial charge < -0.3 is 31.3 Å². The van der Waals surface area contributed by atoms with Crippen LogP contribution in [-0.4, -0.2) is 79.7 Å². The molecule has 1 aromatic carbocycles. The number of hydrogen-bond donors (Lipinski definition) is 6. The fraction of sp³-hybridized carbons (Fsp3) is 0.318. The van der Waals surface area contributed by atoms with E-state index < -0.39 is 69.7 Å². The number of nitrogens with two attached hydrogens (primary N) is 1. The highest BCUT2D eigenvalue weighted by Gasteiger charge is 2.68. The number of phenolic OH excluding ortho intramolecular Hbond substituents is 1. The highest BCUT2D eigenvalue weighted by molar-refractivity contribution is 6.25. The number of primary amides is 1. The molecule has 0 aliphatic heterocycles. The number of rotatable bonds is 2. The molecule has 0 bridgehead atoms. The summed E-state index contributed by atoms with van der Waals surface area (Å²) >= 11 is 0. The van der Waals surface area contributed by atoms with Crippen molar-refractivity contribution in [3.8, 4) is 5.75 Å². The molecule has 7 N–H and O–H groups in total. The number of halogens is 1. The maximum atomic E-state index is 13.6. The van der Waals surface area contributed by atoms with Gasteiger partial charge in [-0.2, -0.15) is 0 Å². The van der Waals surface area contributed by atoms with E-state index in [0.29, 0.717) is 0 Å². The third-order valence-corrected chi connectivity index (χ3v) is 6.61. The van der Waals surface area contributed by atoms with Gasteiger partial charge in [-0.05, 0) is 31.3 Å². The SMILES string of the molecule is C=C1c2cccc(O)c2C(O)=C2C(=O)[C@@]3(O)C(O)=C(C(N)=O)C(=O)[C@H](N(C)C)[C@H]3[C@H](O)[C@H]12.Cl. The van der Waals surface area contributed by atoms with Gasteiger partial charge in [-0.1, -0.05) is 18.7 Å². The van der Waals surface area contributed by atoms with Crippen LogP contribution in [0, 0.1) is 11.8 Å². The number of aliphatic hydroxyl groups is 4. The summed E-state index contributed by atoms with van der Waals surface area (Å²) in [4.78, 5) is 39.8. The predicted molar refractivity (Wildman–Crippen MR) is 118 cm³/mol. The molecule has 0 spiro atoms. The number of carbonyl (C=O) groups is 3. The normalized spacial score (nSPS) is 31.1. The van der Waals surface area contributed by atoms with E-state index in [1.54, 1.807) is 0 Å². The number of benzene rings is 1. The Labute approximate surface area is 194 Å². The number of aliphatic hydroxyl groups excluding tert-OH is 3. The molecule has 0 saturated heterocycles. The lowest BCUT2D eigenvalue weighted by molar-refractivity contribution is -0.166. The van der Waals surface area contributed by atoms with Crippen LogP contribution in [0.25, 0.3) is 11.3 Å². The maximum absolute atomic E-state index is 13.6. The zero-order chi connectivity index (χ0) is 23.9. The van der Waals surface area contributed by atoms with Gasteiger partial charge in [0.05, 0.1) is 29.2 Å². The summed E-state index contributed by atoms with van der Waals surface area (Å²) < 4.78 is 0. The van der Waals surface area contributed by atoms with Crippen LogP contribution >= 0.6 is 12.4 Å². The number of Topliss-reactive ketones (excluding diaryl/α,β-unsaturated/α-hetero) is 2. The Morgan fingerprint density at radius 2 is 1.79 bits per heavy atom. The minimum atomic E-state index is -2.94. The first-order valence-corrected chi connectivity index (χ1v) is 9.71. The second-order valence-electron chi connectivity index (χ2n) is 8.44. The average molecular weight is 479 g/mol. The second kappa shape index (κ2) is 7.70. The van der Waals surface area contributed by atoms with Crippen molar-refractivity contribution in [2.75, 3.05) is 14.1 Å². The van der Waals surface area contributed by atoms with Crippen molar-refractivity contribution >= 4 is 41.2 Å². The Morgan fingerprint density at radius 1 is 1.18 bits per heavy atom. The summed E-state index contributed by atoms with van der Waals surface area (Å²) in [6.45, 7) is 3.91. The zero-order valence-electron chi connectivity index (χ0n) is 17.6. The number of fused-ring (bicyclic) bond motifs is 3. The molecule has 0 unspecified atom stereocenters. The van der Waals surface area contributed by atoms with Crippen LogP contribution in [-0.2, 0) is 14.4 Å². The van der Waals surface area contributed by atoms with Crippen LogP contribution in [0.3, 0.4) is 0 Å². The van der Waals surface area contributed by atoms with Crippen molar-refractivity contribution in [3.05, 3.63) is 52.8 Å². The van der Waals surface area contributed by atoms with Crippen molar-refractivity contribution in [1.29, 1.82) is 0 Å². The molecule has 11 heteroatoms. The minimum Gasteiger partial charge on any atom is -0.508 e. The molecule has 5 atom stereocenters. The zero-order valence-corrected chi connectivity index (χ0v) is 18.5. The number of aromatic hydroxyl groups is 1.